The van der Waals surface area contributed by atoms with Gasteiger partial charge in [-0.25, -0.2) is 0 Å². The summed E-state index contributed by atoms with van der Waals surface area (Å²) in [4.78, 5) is 13.5. The van der Waals surface area contributed by atoms with Gasteiger partial charge in [0.05, 0.1) is 6.04 Å². The largest absolute Gasteiger partial charge is 0.325 e. The molecular weight excluding hydrogens is 304 g/mol. The number of aryl methyl sites for hydroxylation is 1. The van der Waals surface area contributed by atoms with Crippen LogP contribution in [0.25, 0.3) is 0 Å². The molecule has 2 aromatic carbocycles. The van der Waals surface area contributed by atoms with E-state index in [0.717, 1.165) is 10.6 Å². The molecule has 0 aliphatic rings. The molecule has 0 aliphatic carbocycles. The predicted molar refractivity (Wildman–Crippen MR) is 99.0 cm³/mol. The molecule has 0 saturated carbocycles. The smallest absolute Gasteiger partial charge is 0.241 e. The van der Waals surface area contributed by atoms with Crippen LogP contribution in [0.3, 0.4) is 0 Å². The van der Waals surface area contributed by atoms with Crippen LogP contribution in [0, 0.1) is 6.92 Å². The number of carbonyl (C=O) groups is 1. The maximum absolute atomic E-state index is 12.4. The molecule has 0 radical (unpaired) electrons. The number of benzene rings is 2. The normalized spacial score (nSPS) is 13.4. The van der Waals surface area contributed by atoms with Crippen molar-refractivity contribution in [2.45, 2.75) is 37.8 Å². The lowest BCUT2D eigenvalue weighted by Crippen LogP contribution is -2.39. The summed E-state index contributed by atoms with van der Waals surface area (Å²) in [7, 11) is 0. The van der Waals surface area contributed by atoms with Gasteiger partial charge in [0.2, 0.25) is 5.91 Å². The van der Waals surface area contributed by atoms with E-state index in [1.807, 2.05) is 49.6 Å². The number of thioether (sulfide) groups is 1. The van der Waals surface area contributed by atoms with Crippen molar-refractivity contribution in [2.24, 2.45) is 0 Å². The Morgan fingerprint density at radius 3 is 2.52 bits per heavy atom. The SMILES string of the molecule is CSc1cccc(NC(=O)C(C)NC(C)c2ccccc2C)c1. The van der Waals surface area contributed by atoms with Crippen molar-refractivity contribution >= 4 is 23.4 Å². The second-order valence-electron chi connectivity index (χ2n) is 5.69. The molecule has 0 saturated heterocycles. The minimum absolute atomic E-state index is 0.0244. The quantitative estimate of drug-likeness (QED) is 0.773. The van der Waals surface area contributed by atoms with Crippen LogP contribution >= 0.6 is 11.8 Å². The highest BCUT2D eigenvalue weighted by Gasteiger charge is 2.17. The van der Waals surface area contributed by atoms with Crippen molar-refractivity contribution in [3.8, 4) is 0 Å². The van der Waals surface area contributed by atoms with Gasteiger partial charge in [-0.05, 0) is 56.4 Å². The van der Waals surface area contributed by atoms with Gasteiger partial charge in [0.25, 0.3) is 0 Å². The van der Waals surface area contributed by atoms with E-state index in [4.69, 9.17) is 0 Å². The van der Waals surface area contributed by atoms with Gasteiger partial charge in [-0.1, -0.05) is 30.3 Å². The summed E-state index contributed by atoms with van der Waals surface area (Å²) in [5, 5.41) is 6.34. The highest BCUT2D eigenvalue weighted by molar-refractivity contribution is 7.98. The van der Waals surface area contributed by atoms with Gasteiger partial charge in [0, 0.05) is 16.6 Å². The fraction of sp³-hybridized carbons (Fsp3) is 0.316. The number of anilines is 1. The van der Waals surface area contributed by atoms with Crippen LogP contribution in [0.2, 0.25) is 0 Å². The number of rotatable bonds is 6. The Kier molecular flexibility index (Phi) is 6.25. The Balaban J connectivity index is 1.98. The Hall–Kier alpha value is -1.78. The molecule has 2 aromatic rings. The highest BCUT2D eigenvalue weighted by Crippen LogP contribution is 2.20. The fourth-order valence-corrected chi connectivity index (χ4v) is 3.02. The van der Waals surface area contributed by atoms with Gasteiger partial charge in [0.15, 0.2) is 0 Å². The molecule has 2 unspecified atom stereocenters. The number of amides is 1. The number of carbonyl (C=O) groups excluding carboxylic acids is 1. The topological polar surface area (TPSA) is 41.1 Å². The first-order chi connectivity index (χ1) is 11.0. The molecule has 23 heavy (non-hydrogen) atoms. The first kappa shape index (κ1) is 17.6. The standard InChI is InChI=1S/C19H24N2OS/c1-13-8-5-6-11-18(13)14(2)20-15(3)19(22)21-16-9-7-10-17(12-16)23-4/h5-12,14-15,20H,1-4H3,(H,21,22). The minimum Gasteiger partial charge on any atom is -0.325 e. The van der Waals surface area contributed by atoms with E-state index >= 15 is 0 Å². The average Bonchev–Trinajstić information content (AvgIpc) is 2.55. The molecule has 0 aromatic heterocycles. The van der Waals surface area contributed by atoms with E-state index in [0.29, 0.717) is 0 Å². The van der Waals surface area contributed by atoms with Gasteiger partial charge in [-0.2, -0.15) is 0 Å². The Labute approximate surface area is 142 Å². The molecule has 0 fully saturated rings. The number of hydrogen-bond acceptors (Lipinski definition) is 3. The highest BCUT2D eigenvalue weighted by atomic mass is 32.2. The van der Waals surface area contributed by atoms with Crippen LogP contribution in [-0.2, 0) is 4.79 Å². The molecule has 2 N–H and O–H groups in total. The van der Waals surface area contributed by atoms with Crippen LogP contribution in [-0.4, -0.2) is 18.2 Å². The molecule has 0 bridgehead atoms. The summed E-state index contributed by atoms with van der Waals surface area (Å²) in [5.41, 5.74) is 3.28. The number of nitrogens with one attached hydrogen (secondary N) is 2. The molecule has 0 spiro atoms. The summed E-state index contributed by atoms with van der Waals surface area (Å²) in [6.45, 7) is 6.06. The van der Waals surface area contributed by atoms with E-state index < -0.39 is 0 Å². The lowest BCUT2D eigenvalue weighted by atomic mass is 10.0. The molecule has 2 atom stereocenters. The molecule has 122 valence electrons. The van der Waals surface area contributed by atoms with Gasteiger partial charge in [-0.15, -0.1) is 11.8 Å². The monoisotopic (exact) mass is 328 g/mol. The minimum atomic E-state index is -0.275. The van der Waals surface area contributed by atoms with Crippen molar-refractivity contribution < 1.29 is 4.79 Å². The third-order valence-electron chi connectivity index (χ3n) is 3.89. The van der Waals surface area contributed by atoms with Crippen molar-refractivity contribution in [3.05, 3.63) is 59.7 Å². The van der Waals surface area contributed by atoms with Crippen molar-refractivity contribution in [1.29, 1.82) is 0 Å². The van der Waals surface area contributed by atoms with Crippen LogP contribution in [0.1, 0.15) is 31.0 Å². The molecule has 4 heteroatoms. The van der Waals surface area contributed by atoms with Crippen molar-refractivity contribution in [1.82, 2.24) is 5.32 Å². The summed E-state index contributed by atoms with van der Waals surface area (Å²) in [6.07, 6.45) is 2.02. The van der Waals surface area contributed by atoms with E-state index in [1.165, 1.54) is 11.1 Å². The second kappa shape index (κ2) is 8.18. The summed E-state index contributed by atoms with van der Waals surface area (Å²) in [6, 6.07) is 16.0. The van der Waals surface area contributed by atoms with Gasteiger partial charge in [0.1, 0.15) is 0 Å². The lowest BCUT2D eigenvalue weighted by Gasteiger charge is -2.21. The zero-order valence-electron chi connectivity index (χ0n) is 14.1. The van der Waals surface area contributed by atoms with E-state index in [1.54, 1.807) is 11.8 Å². The average molecular weight is 328 g/mol. The van der Waals surface area contributed by atoms with Crippen LogP contribution in [0.5, 0.6) is 0 Å². The van der Waals surface area contributed by atoms with Crippen molar-refractivity contribution in [3.63, 3.8) is 0 Å². The zero-order chi connectivity index (χ0) is 16.8. The Morgan fingerprint density at radius 1 is 1.09 bits per heavy atom. The van der Waals surface area contributed by atoms with Crippen molar-refractivity contribution in [2.75, 3.05) is 11.6 Å². The molecular formula is C19H24N2OS. The second-order valence-corrected chi connectivity index (χ2v) is 6.57. The molecule has 0 heterocycles. The third kappa shape index (κ3) is 4.85. The first-order valence-corrected chi connectivity index (χ1v) is 9.00. The van der Waals surface area contributed by atoms with Crippen LogP contribution in [0.4, 0.5) is 5.69 Å². The summed E-state index contributed by atoms with van der Waals surface area (Å²) >= 11 is 1.66. The van der Waals surface area contributed by atoms with E-state index in [2.05, 4.69) is 36.6 Å². The summed E-state index contributed by atoms with van der Waals surface area (Å²) in [5.74, 6) is -0.0244. The fourth-order valence-electron chi connectivity index (χ4n) is 2.56. The van der Waals surface area contributed by atoms with Crippen LogP contribution in [0.15, 0.2) is 53.4 Å². The van der Waals surface area contributed by atoms with Crippen LogP contribution < -0.4 is 10.6 Å². The van der Waals surface area contributed by atoms with Gasteiger partial charge >= 0.3 is 0 Å². The van der Waals surface area contributed by atoms with Gasteiger partial charge < -0.3 is 5.32 Å². The molecule has 3 nitrogen and oxygen atoms in total. The number of hydrogen-bond donors (Lipinski definition) is 2. The maximum atomic E-state index is 12.4. The Bertz CT molecular complexity index is 672. The predicted octanol–water partition coefficient (Wildman–Crippen LogP) is 4.39. The lowest BCUT2D eigenvalue weighted by molar-refractivity contribution is -0.117. The van der Waals surface area contributed by atoms with E-state index in [-0.39, 0.29) is 18.0 Å². The third-order valence-corrected chi connectivity index (χ3v) is 4.61. The zero-order valence-corrected chi connectivity index (χ0v) is 14.9. The molecule has 2 rings (SSSR count). The first-order valence-electron chi connectivity index (χ1n) is 7.77. The maximum Gasteiger partial charge on any atom is 0.241 e. The summed E-state index contributed by atoms with van der Waals surface area (Å²) < 4.78 is 0. The Morgan fingerprint density at radius 2 is 1.83 bits per heavy atom. The molecule has 1 amide bonds. The van der Waals surface area contributed by atoms with E-state index in [9.17, 15) is 4.79 Å². The van der Waals surface area contributed by atoms with Gasteiger partial charge in [-0.3, -0.25) is 10.1 Å². The molecule has 0 aliphatic heterocycles.